The predicted octanol–water partition coefficient (Wildman–Crippen LogP) is 2.45. The van der Waals surface area contributed by atoms with Crippen molar-refractivity contribution in [1.29, 1.82) is 0 Å². The SMILES string of the molecule is CC(C(=O)N1CCN(C(=O)c2c(F)cccc2Cl)CC1)N1C(=O)c2ccccc2C1=O. The van der Waals surface area contributed by atoms with Crippen LogP contribution in [0.5, 0.6) is 0 Å². The van der Waals surface area contributed by atoms with Crippen LogP contribution in [-0.4, -0.2) is 70.5 Å². The average Bonchev–Trinajstić information content (AvgIpc) is 3.03. The fourth-order valence-electron chi connectivity index (χ4n) is 3.92. The van der Waals surface area contributed by atoms with Crippen molar-refractivity contribution in [2.45, 2.75) is 13.0 Å². The Balaban J connectivity index is 1.42. The molecule has 4 rings (SSSR count). The van der Waals surface area contributed by atoms with Gasteiger partial charge < -0.3 is 9.80 Å². The Kier molecular flexibility index (Phi) is 5.49. The molecular weight excluding hydrogens is 425 g/mol. The van der Waals surface area contributed by atoms with Gasteiger partial charge in [-0.1, -0.05) is 29.8 Å². The van der Waals surface area contributed by atoms with Crippen LogP contribution in [-0.2, 0) is 4.79 Å². The van der Waals surface area contributed by atoms with Gasteiger partial charge in [-0.2, -0.15) is 0 Å². The highest BCUT2D eigenvalue weighted by Gasteiger charge is 2.42. The molecule has 2 aromatic carbocycles. The van der Waals surface area contributed by atoms with Crippen molar-refractivity contribution in [3.05, 3.63) is 70.0 Å². The smallest absolute Gasteiger partial charge is 0.262 e. The van der Waals surface area contributed by atoms with Gasteiger partial charge in [-0.25, -0.2) is 4.39 Å². The maximum Gasteiger partial charge on any atom is 0.262 e. The number of hydrogen-bond donors (Lipinski definition) is 0. The van der Waals surface area contributed by atoms with Crippen molar-refractivity contribution in [1.82, 2.24) is 14.7 Å². The van der Waals surface area contributed by atoms with Gasteiger partial charge in [0.2, 0.25) is 5.91 Å². The molecule has 4 amide bonds. The quantitative estimate of drug-likeness (QED) is 0.683. The van der Waals surface area contributed by atoms with Crippen molar-refractivity contribution in [3.8, 4) is 0 Å². The van der Waals surface area contributed by atoms with Crippen LogP contribution in [0.3, 0.4) is 0 Å². The first kappa shape index (κ1) is 21.0. The van der Waals surface area contributed by atoms with Gasteiger partial charge in [-0.3, -0.25) is 24.1 Å². The Bertz CT molecular complexity index is 1040. The van der Waals surface area contributed by atoms with Crippen LogP contribution in [0.25, 0.3) is 0 Å². The minimum Gasteiger partial charge on any atom is -0.337 e. The van der Waals surface area contributed by atoms with E-state index in [1.807, 2.05) is 0 Å². The number of benzene rings is 2. The van der Waals surface area contributed by atoms with Gasteiger partial charge in [0.05, 0.1) is 21.7 Å². The summed E-state index contributed by atoms with van der Waals surface area (Å²) in [5, 5.41) is 0.0303. The van der Waals surface area contributed by atoms with Crippen molar-refractivity contribution in [2.24, 2.45) is 0 Å². The van der Waals surface area contributed by atoms with E-state index < -0.39 is 29.6 Å². The molecule has 0 bridgehead atoms. The van der Waals surface area contributed by atoms with E-state index in [1.54, 1.807) is 24.3 Å². The monoisotopic (exact) mass is 443 g/mol. The molecule has 160 valence electrons. The number of imide groups is 1. The van der Waals surface area contributed by atoms with E-state index in [0.717, 1.165) is 4.90 Å². The molecule has 2 heterocycles. The molecule has 7 nitrogen and oxygen atoms in total. The van der Waals surface area contributed by atoms with E-state index in [4.69, 9.17) is 11.6 Å². The minimum absolute atomic E-state index is 0.0303. The van der Waals surface area contributed by atoms with E-state index in [9.17, 15) is 23.6 Å². The van der Waals surface area contributed by atoms with Gasteiger partial charge in [-0.15, -0.1) is 0 Å². The van der Waals surface area contributed by atoms with Crippen LogP contribution in [0.2, 0.25) is 5.02 Å². The van der Waals surface area contributed by atoms with E-state index in [0.29, 0.717) is 0 Å². The fraction of sp³-hybridized carbons (Fsp3) is 0.273. The first-order chi connectivity index (χ1) is 14.8. The molecule has 1 atom stereocenters. The lowest BCUT2D eigenvalue weighted by Gasteiger charge is -2.37. The number of rotatable bonds is 3. The predicted molar refractivity (Wildman–Crippen MR) is 110 cm³/mol. The molecule has 0 aliphatic carbocycles. The lowest BCUT2D eigenvalue weighted by Crippen LogP contribution is -2.56. The normalized spacial score (nSPS) is 17.1. The zero-order valence-electron chi connectivity index (χ0n) is 16.7. The minimum atomic E-state index is -0.976. The Labute approximate surface area is 183 Å². The molecule has 2 aliphatic rings. The summed E-state index contributed by atoms with van der Waals surface area (Å²) in [5.74, 6) is -2.61. The average molecular weight is 444 g/mol. The van der Waals surface area contributed by atoms with Gasteiger partial charge in [0.1, 0.15) is 11.9 Å². The summed E-state index contributed by atoms with van der Waals surface area (Å²) in [6.07, 6.45) is 0. The standard InChI is InChI=1S/C22H19ClFN3O4/c1-13(27-20(29)14-5-2-3-6-15(14)21(27)30)19(28)25-9-11-26(12-10-25)22(31)18-16(23)7-4-8-17(18)24/h2-8,13H,9-12H2,1H3. The van der Waals surface area contributed by atoms with Crippen LogP contribution in [0.15, 0.2) is 42.5 Å². The fourth-order valence-corrected chi connectivity index (χ4v) is 4.17. The third kappa shape index (κ3) is 3.57. The molecule has 1 saturated heterocycles. The van der Waals surface area contributed by atoms with Gasteiger partial charge in [0.15, 0.2) is 0 Å². The van der Waals surface area contributed by atoms with E-state index in [1.165, 1.54) is 34.9 Å². The summed E-state index contributed by atoms with van der Waals surface area (Å²) in [7, 11) is 0. The second-order valence-corrected chi connectivity index (χ2v) is 7.82. The number of nitrogens with zero attached hydrogens (tertiary/aromatic N) is 3. The highest BCUT2D eigenvalue weighted by molar-refractivity contribution is 6.33. The molecule has 31 heavy (non-hydrogen) atoms. The number of amides is 4. The van der Waals surface area contributed by atoms with E-state index >= 15 is 0 Å². The molecule has 9 heteroatoms. The van der Waals surface area contributed by atoms with Crippen molar-refractivity contribution < 1.29 is 23.6 Å². The molecule has 1 fully saturated rings. The van der Waals surface area contributed by atoms with Crippen LogP contribution in [0, 0.1) is 5.82 Å². The van der Waals surface area contributed by atoms with Crippen molar-refractivity contribution in [3.63, 3.8) is 0 Å². The number of fused-ring (bicyclic) bond motifs is 1. The summed E-state index contributed by atoms with van der Waals surface area (Å²) < 4.78 is 14.1. The summed E-state index contributed by atoms with van der Waals surface area (Å²) in [6, 6.07) is 9.51. The molecule has 1 unspecified atom stereocenters. The topological polar surface area (TPSA) is 78.0 Å². The Morgan fingerprint density at radius 1 is 0.903 bits per heavy atom. The maximum absolute atomic E-state index is 14.1. The second-order valence-electron chi connectivity index (χ2n) is 7.42. The highest BCUT2D eigenvalue weighted by atomic mass is 35.5. The van der Waals surface area contributed by atoms with Crippen LogP contribution >= 0.6 is 11.6 Å². The zero-order chi connectivity index (χ0) is 22.3. The first-order valence-corrected chi connectivity index (χ1v) is 10.2. The number of halogens is 2. The van der Waals surface area contributed by atoms with Gasteiger partial charge in [0, 0.05) is 26.2 Å². The molecule has 2 aliphatic heterocycles. The number of carbonyl (C=O) groups excluding carboxylic acids is 4. The molecule has 0 radical (unpaired) electrons. The number of carbonyl (C=O) groups is 4. The number of hydrogen-bond acceptors (Lipinski definition) is 4. The Morgan fingerprint density at radius 2 is 1.45 bits per heavy atom. The maximum atomic E-state index is 14.1. The van der Waals surface area contributed by atoms with Gasteiger partial charge in [0.25, 0.3) is 17.7 Å². The van der Waals surface area contributed by atoms with Crippen LogP contribution < -0.4 is 0 Å². The van der Waals surface area contributed by atoms with Crippen LogP contribution in [0.4, 0.5) is 4.39 Å². The summed E-state index contributed by atoms with van der Waals surface area (Å²) >= 11 is 5.98. The van der Waals surface area contributed by atoms with E-state index in [2.05, 4.69) is 0 Å². The lowest BCUT2D eigenvalue weighted by atomic mass is 10.1. The Hall–Kier alpha value is -3.26. The largest absolute Gasteiger partial charge is 0.337 e. The van der Waals surface area contributed by atoms with Crippen molar-refractivity contribution in [2.75, 3.05) is 26.2 Å². The summed E-state index contributed by atoms with van der Waals surface area (Å²) in [6.45, 7) is 2.28. The lowest BCUT2D eigenvalue weighted by molar-refractivity contribution is -0.136. The van der Waals surface area contributed by atoms with Crippen LogP contribution in [0.1, 0.15) is 38.0 Å². The molecule has 2 aromatic rings. The molecular formula is C22H19ClFN3O4. The molecule has 0 saturated carbocycles. The molecule has 0 N–H and O–H groups in total. The molecule has 0 spiro atoms. The highest BCUT2D eigenvalue weighted by Crippen LogP contribution is 2.26. The van der Waals surface area contributed by atoms with Gasteiger partial charge in [-0.05, 0) is 31.2 Å². The summed E-state index contributed by atoms with van der Waals surface area (Å²) in [5.41, 5.74) is 0.372. The molecule has 0 aromatic heterocycles. The third-order valence-corrected chi connectivity index (χ3v) is 5.94. The third-order valence-electron chi connectivity index (χ3n) is 5.63. The Morgan fingerprint density at radius 3 is 2.00 bits per heavy atom. The van der Waals surface area contributed by atoms with Crippen molar-refractivity contribution >= 4 is 35.2 Å². The van der Waals surface area contributed by atoms with E-state index in [-0.39, 0.29) is 53.8 Å². The second kappa shape index (κ2) is 8.11. The number of piperazine rings is 1. The van der Waals surface area contributed by atoms with Gasteiger partial charge >= 0.3 is 0 Å². The zero-order valence-corrected chi connectivity index (χ0v) is 17.4. The summed E-state index contributed by atoms with van der Waals surface area (Å²) in [4.78, 5) is 54.8. The first-order valence-electron chi connectivity index (χ1n) is 9.80.